The second-order valence-electron chi connectivity index (χ2n) is 5.52. The van der Waals surface area contributed by atoms with Gasteiger partial charge in [-0.3, -0.25) is 0 Å². The Kier molecular flexibility index (Phi) is 3.25. The summed E-state index contributed by atoms with van der Waals surface area (Å²) in [4.78, 5) is 2.27. The average Bonchev–Trinajstić information content (AvgIpc) is 3.23. The minimum atomic E-state index is -0.0904. The molecule has 0 bridgehead atoms. The Balaban J connectivity index is 1.83. The molecular weight excluding hydrogens is 227 g/mol. The van der Waals surface area contributed by atoms with E-state index in [1.165, 1.54) is 12.8 Å². The van der Waals surface area contributed by atoms with Crippen molar-refractivity contribution in [2.24, 2.45) is 5.92 Å². The highest BCUT2D eigenvalue weighted by Gasteiger charge is 2.37. The van der Waals surface area contributed by atoms with Gasteiger partial charge in [-0.25, -0.2) is 4.39 Å². The molecule has 1 saturated heterocycles. The number of hydrogen-bond donors (Lipinski definition) is 1. The van der Waals surface area contributed by atoms with Gasteiger partial charge in [0.15, 0.2) is 0 Å². The highest BCUT2D eigenvalue weighted by molar-refractivity contribution is 5.49. The maximum Gasteiger partial charge on any atom is 0.146 e. The third-order valence-corrected chi connectivity index (χ3v) is 4.27. The molecule has 3 rings (SSSR count). The summed E-state index contributed by atoms with van der Waals surface area (Å²) in [6, 6.07) is 8.13. The lowest BCUT2D eigenvalue weighted by Gasteiger charge is -2.42. The van der Waals surface area contributed by atoms with Crippen molar-refractivity contribution in [2.45, 2.75) is 38.3 Å². The van der Waals surface area contributed by atoms with Gasteiger partial charge in [0, 0.05) is 25.2 Å². The molecule has 2 fully saturated rings. The molecule has 1 heterocycles. The van der Waals surface area contributed by atoms with Crippen LogP contribution >= 0.6 is 0 Å². The van der Waals surface area contributed by atoms with Crippen LogP contribution in [0, 0.1) is 11.7 Å². The van der Waals surface area contributed by atoms with E-state index in [-0.39, 0.29) is 5.82 Å². The molecule has 2 unspecified atom stereocenters. The molecule has 1 aliphatic carbocycles. The minimum Gasteiger partial charge on any atom is -0.363 e. The topological polar surface area (TPSA) is 15.3 Å². The molecular formula is C15H21FN2. The zero-order valence-corrected chi connectivity index (χ0v) is 10.9. The fourth-order valence-corrected chi connectivity index (χ4v) is 2.98. The highest BCUT2D eigenvalue weighted by atomic mass is 19.1. The normalized spacial score (nSPS) is 28.4. The molecule has 3 heteroatoms. The second-order valence-corrected chi connectivity index (χ2v) is 5.52. The number of piperazine rings is 1. The predicted molar refractivity (Wildman–Crippen MR) is 72.3 cm³/mol. The van der Waals surface area contributed by atoms with E-state index in [2.05, 4.69) is 17.1 Å². The Morgan fingerprint density at radius 3 is 2.78 bits per heavy atom. The lowest BCUT2D eigenvalue weighted by Crippen LogP contribution is -2.57. The van der Waals surface area contributed by atoms with Gasteiger partial charge in [-0.1, -0.05) is 19.1 Å². The molecule has 18 heavy (non-hydrogen) atoms. The Labute approximate surface area is 108 Å². The van der Waals surface area contributed by atoms with Crippen molar-refractivity contribution >= 4 is 5.69 Å². The van der Waals surface area contributed by atoms with Crippen LogP contribution in [0.25, 0.3) is 0 Å². The van der Waals surface area contributed by atoms with Crippen LogP contribution < -0.4 is 10.2 Å². The van der Waals surface area contributed by atoms with Gasteiger partial charge in [-0.15, -0.1) is 0 Å². The minimum absolute atomic E-state index is 0.0904. The summed E-state index contributed by atoms with van der Waals surface area (Å²) in [6.45, 7) is 4.10. The molecule has 0 amide bonds. The lowest BCUT2D eigenvalue weighted by atomic mass is 10.0. The first kappa shape index (κ1) is 12.0. The van der Waals surface area contributed by atoms with E-state index in [1.807, 2.05) is 12.1 Å². The first-order valence-corrected chi connectivity index (χ1v) is 7.04. The lowest BCUT2D eigenvalue weighted by molar-refractivity contribution is 0.357. The van der Waals surface area contributed by atoms with Crippen LogP contribution in [0.3, 0.4) is 0 Å². The third kappa shape index (κ3) is 2.24. The van der Waals surface area contributed by atoms with Crippen molar-refractivity contribution in [3.8, 4) is 0 Å². The smallest absolute Gasteiger partial charge is 0.146 e. The van der Waals surface area contributed by atoms with Crippen LogP contribution in [0.15, 0.2) is 24.3 Å². The molecule has 1 aliphatic heterocycles. The molecule has 98 valence electrons. The van der Waals surface area contributed by atoms with Gasteiger partial charge in [0.05, 0.1) is 5.69 Å². The van der Waals surface area contributed by atoms with Gasteiger partial charge in [0.25, 0.3) is 0 Å². The van der Waals surface area contributed by atoms with E-state index < -0.39 is 0 Å². The molecule has 1 N–H and O–H groups in total. The van der Waals surface area contributed by atoms with Gasteiger partial charge in [-0.2, -0.15) is 0 Å². The van der Waals surface area contributed by atoms with Gasteiger partial charge in [0.2, 0.25) is 0 Å². The Bertz CT molecular complexity index is 417. The number of anilines is 1. The number of rotatable bonds is 3. The first-order chi connectivity index (χ1) is 8.79. The Morgan fingerprint density at radius 2 is 2.11 bits per heavy atom. The number of para-hydroxylation sites is 1. The summed E-state index contributed by atoms with van der Waals surface area (Å²) in [5.74, 6) is 0.726. The van der Waals surface area contributed by atoms with E-state index in [9.17, 15) is 4.39 Å². The molecule has 0 spiro atoms. The van der Waals surface area contributed by atoms with Crippen molar-refractivity contribution in [2.75, 3.05) is 18.0 Å². The van der Waals surface area contributed by atoms with Crippen molar-refractivity contribution in [3.63, 3.8) is 0 Å². The maximum absolute atomic E-state index is 14.0. The van der Waals surface area contributed by atoms with Crippen LogP contribution in [0.4, 0.5) is 10.1 Å². The van der Waals surface area contributed by atoms with Gasteiger partial charge in [0.1, 0.15) is 5.82 Å². The summed E-state index contributed by atoms with van der Waals surface area (Å²) in [6.07, 6.45) is 3.72. The molecule has 1 aromatic rings. The summed E-state index contributed by atoms with van der Waals surface area (Å²) >= 11 is 0. The van der Waals surface area contributed by atoms with Gasteiger partial charge < -0.3 is 10.2 Å². The molecule has 1 aromatic carbocycles. The van der Waals surface area contributed by atoms with Crippen molar-refractivity contribution in [1.29, 1.82) is 0 Å². The highest BCUT2D eigenvalue weighted by Crippen LogP contribution is 2.35. The molecule has 2 atom stereocenters. The molecule has 0 radical (unpaired) electrons. The van der Waals surface area contributed by atoms with Crippen LogP contribution in [0.1, 0.15) is 26.2 Å². The van der Waals surface area contributed by atoms with Gasteiger partial charge >= 0.3 is 0 Å². The van der Waals surface area contributed by atoms with E-state index in [4.69, 9.17) is 0 Å². The maximum atomic E-state index is 14.0. The number of nitrogens with zero attached hydrogens (tertiary/aromatic N) is 1. The third-order valence-electron chi connectivity index (χ3n) is 4.27. The van der Waals surface area contributed by atoms with E-state index >= 15 is 0 Å². The van der Waals surface area contributed by atoms with Gasteiger partial charge in [-0.05, 0) is 37.3 Å². The Hall–Kier alpha value is -1.09. The SMILES string of the molecule is CCC1CNC(C2CC2)CN1c1ccccc1F. The summed E-state index contributed by atoms with van der Waals surface area (Å²) < 4.78 is 14.0. The number of nitrogens with one attached hydrogen (secondary N) is 1. The van der Waals surface area contributed by atoms with Crippen molar-refractivity contribution in [1.82, 2.24) is 5.32 Å². The fourth-order valence-electron chi connectivity index (χ4n) is 2.98. The number of halogens is 1. The van der Waals surface area contributed by atoms with Crippen LogP contribution in [0.2, 0.25) is 0 Å². The standard InChI is InChI=1S/C15H21FN2/c1-2-12-9-17-14(11-7-8-11)10-18(12)15-6-4-3-5-13(15)16/h3-6,11-12,14,17H,2,7-10H2,1H3. The molecule has 1 saturated carbocycles. The molecule has 0 aromatic heterocycles. The zero-order chi connectivity index (χ0) is 12.5. The van der Waals surface area contributed by atoms with Crippen LogP contribution in [-0.2, 0) is 0 Å². The average molecular weight is 248 g/mol. The quantitative estimate of drug-likeness (QED) is 0.885. The van der Waals surface area contributed by atoms with Crippen LogP contribution in [0.5, 0.6) is 0 Å². The summed E-state index contributed by atoms with van der Waals surface area (Å²) in [5, 5.41) is 3.64. The van der Waals surface area contributed by atoms with Crippen LogP contribution in [-0.4, -0.2) is 25.2 Å². The van der Waals surface area contributed by atoms with E-state index in [0.29, 0.717) is 12.1 Å². The molecule has 2 aliphatic rings. The second kappa shape index (κ2) is 4.88. The number of benzene rings is 1. The summed E-state index contributed by atoms with van der Waals surface area (Å²) in [7, 11) is 0. The fraction of sp³-hybridized carbons (Fsp3) is 0.600. The van der Waals surface area contributed by atoms with Crippen molar-refractivity contribution in [3.05, 3.63) is 30.1 Å². The zero-order valence-electron chi connectivity index (χ0n) is 10.9. The predicted octanol–water partition coefficient (Wildman–Crippen LogP) is 2.79. The monoisotopic (exact) mass is 248 g/mol. The Morgan fingerprint density at radius 1 is 1.33 bits per heavy atom. The first-order valence-electron chi connectivity index (χ1n) is 7.04. The van der Waals surface area contributed by atoms with E-state index in [0.717, 1.165) is 31.1 Å². The summed E-state index contributed by atoms with van der Waals surface area (Å²) in [5.41, 5.74) is 0.775. The molecule has 2 nitrogen and oxygen atoms in total. The van der Waals surface area contributed by atoms with Crippen molar-refractivity contribution < 1.29 is 4.39 Å². The largest absolute Gasteiger partial charge is 0.363 e. The van der Waals surface area contributed by atoms with E-state index in [1.54, 1.807) is 12.1 Å². The number of hydrogen-bond acceptors (Lipinski definition) is 2.